The maximum absolute atomic E-state index is 12.8. The average molecular weight is 423 g/mol. The Kier molecular flexibility index (Phi) is 7.78. The summed E-state index contributed by atoms with van der Waals surface area (Å²) in [6, 6.07) is 14.8. The number of benzene rings is 2. The molecule has 2 aromatic rings. The minimum atomic E-state index is -0.285. The predicted octanol–water partition coefficient (Wildman–Crippen LogP) is 4.15. The summed E-state index contributed by atoms with van der Waals surface area (Å²) in [5.74, 6) is 0.380. The van der Waals surface area contributed by atoms with Gasteiger partial charge >= 0.3 is 0 Å². The number of amides is 2. The van der Waals surface area contributed by atoms with Gasteiger partial charge in [-0.1, -0.05) is 26.0 Å². The molecule has 0 aromatic heterocycles. The van der Waals surface area contributed by atoms with Crippen molar-refractivity contribution in [2.24, 2.45) is 4.99 Å². The second-order valence-electron chi connectivity index (χ2n) is 7.94. The van der Waals surface area contributed by atoms with E-state index in [9.17, 15) is 9.59 Å². The zero-order chi connectivity index (χ0) is 22.2. The summed E-state index contributed by atoms with van der Waals surface area (Å²) in [5.41, 5.74) is 3.19. The third kappa shape index (κ3) is 6.93. The van der Waals surface area contributed by atoms with E-state index in [0.717, 1.165) is 25.1 Å². The van der Waals surface area contributed by atoms with Gasteiger partial charge in [-0.25, -0.2) is 4.99 Å². The van der Waals surface area contributed by atoms with Gasteiger partial charge in [0.25, 0.3) is 5.91 Å². The number of hydrogen-bond acceptors (Lipinski definition) is 4. The van der Waals surface area contributed by atoms with E-state index in [-0.39, 0.29) is 17.9 Å². The van der Waals surface area contributed by atoms with Gasteiger partial charge in [0.1, 0.15) is 0 Å². The molecule has 1 atom stereocenters. The lowest BCUT2D eigenvalue weighted by atomic mass is 10.0. The minimum Gasteiger partial charge on any atom is -0.376 e. The van der Waals surface area contributed by atoms with Crippen LogP contribution in [0.3, 0.4) is 0 Å². The molecule has 1 fully saturated rings. The molecule has 2 aromatic carbocycles. The molecular formula is C24H30N4O3. The number of nitrogens with one attached hydrogen (secondary N) is 3. The summed E-state index contributed by atoms with van der Waals surface area (Å²) >= 11 is 0. The molecule has 2 amide bonds. The van der Waals surface area contributed by atoms with E-state index in [1.807, 2.05) is 12.1 Å². The van der Waals surface area contributed by atoms with Crippen molar-refractivity contribution in [3.05, 3.63) is 59.7 Å². The molecule has 1 aliphatic heterocycles. The van der Waals surface area contributed by atoms with Gasteiger partial charge in [0.05, 0.1) is 12.6 Å². The van der Waals surface area contributed by atoms with Gasteiger partial charge in [0, 0.05) is 30.5 Å². The number of ether oxygens (including phenoxy) is 1. The van der Waals surface area contributed by atoms with Gasteiger partial charge in [-0.05, 0) is 60.7 Å². The smallest absolute Gasteiger partial charge is 0.257 e. The lowest BCUT2D eigenvalue weighted by Gasteiger charge is -2.14. The number of aliphatic imine (C=N–C) groups is 1. The molecule has 3 rings (SSSR count). The lowest BCUT2D eigenvalue weighted by molar-refractivity contribution is -0.114. The van der Waals surface area contributed by atoms with Crippen LogP contribution in [-0.4, -0.2) is 37.0 Å². The molecule has 1 aliphatic rings. The largest absolute Gasteiger partial charge is 0.376 e. The van der Waals surface area contributed by atoms with Crippen molar-refractivity contribution in [2.75, 3.05) is 23.8 Å². The first-order chi connectivity index (χ1) is 14.9. The first-order valence-corrected chi connectivity index (χ1v) is 10.6. The maximum atomic E-state index is 12.8. The number of anilines is 2. The lowest BCUT2D eigenvalue weighted by Crippen LogP contribution is -2.36. The van der Waals surface area contributed by atoms with Crippen LogP contribution >= 0.6 is 0 Å². The molecule has 31 heavy (non-hydrogen) atoms. The molecule has 7 nitrogen and oxygen atoms in total. The highest BCUT2D eigenvalue weighted by Gasteiger charge is 2.16. The molecule has 0 saturated carbocycles. The molecule has 0 radical (unpaired) electrons. The molecule has 7 heteroatoms. The second kappa shape index (κ2) is 10.7. The molecule has 1 heterocycles. The number of nitrogens with zero attached hydrogens (tertiary/aromatic N) is 1. The Hall–Kier alpha value is -3.19. The summed E-state index contributed by atoms with van der Waals surface area (Å²) in [6.07, 6.45) is 2.08. The maximum Gasteiger partial charge on any atom is 0.257 e. The van der Waals surface area contributed by atoms with E-state index >= 15 is 0 Å². The van der Waals surface area contributed by atoms with Crippen LogP contribution in [-0.2, 0) is 9.53 Å². The molecule has 0 bridgehead atoms. The molecule has 0 spiro atoms. The third-order valence-electron chi connectivity index (χ3n) is 5.02. The highest BCUT2D eigenvalue weighted by atomic mass is 16.5. The summed E-state index contributed by atoms with van der Waals surface area (Å²) in [4.78, 5) is 28.5. The van der Waals surface area contributed by atoms with E-state index in [4.69, 9.17) is 4.74 Å². The SMILES string of the molecule is CC(=O)Nc1ccc(C(=O)NC(=NC[C@@H]2CCCO2)Nc2ccc(C(C)C)cc2)cc1. The summed E-state index contributed by atoms with van der Waals surface area (Å²) in [7, 11) is 0. The summed E-state index contributed by atoms with van der Waals surface area (Å²) < 4.78 is 5.65. The van der Waals surface area contributed by atoms with Gasteiger partial charge in [-0.2, -0.15) is 0 Å². The molecule has 1 saturated heterocycles. The first-order valence-electron chi connectivity index (χ1n) is 10.6. The summed E-state index contributed by atoms with van der Waals surface area (Å²) in [5, 5.41) is 8.76. The number of rotatable bonds is 6. The Morgan fingerprint density at radius 2 is 1.68 bits per heavy atom. The first kappa shape index (κ1) is 22.5. The van der Waals surface area contributed by atoms with Gasteiger partial charge in [0.2, 0.25) is 11.9 Å². The Labute approximate surface area is 183 Å². The fraction of sp³-hybridized carbons (Fsp3) is 0.375. The fourth-order valence-electron chi connectivity index (χ4n) is 3.27. The van der Waals surface area contributed by atoms with Crippen molar-refractivity contribution >= 4 is 29.1 Å². The zero-order valence-corrected chi connectivity index (χ0v) is 18.3. The van der Waals surface area contributed by atoms with Gasteiger partial charge < -0.3 is 15.4 Å². The number of guanidine groups is 1. The van der Waals surface area contributed by atoms with Crippen molar-refractivity contribution in [1.29, 1.82) is 0 Å². The highest BCUT2D eigenvalue weighted by molar-refractivity contribution is 6.10. The fourth-order valence-corrected chi connectivity index (χ4v) is 3.27. The van der Waals surface area contributed by atoms with Gasteiger partial charge in [0.15, 0.2) is 0 Å². The van der Waals surface area contributed by atoms with E-state index < -0.39 is 0 Å². The van der Waals surface area contributed by atoms with Crippen molar-refractivity contribution < 1.29 is 14.3 Å². The number of carbonyl (C=O) groups excluding carboxylic acids is 2. The van der Waals surface area contributed by atoms with E-state index in [1.165, 1.54) is 12.5 Å². The molecule has 0 aliphatic carbocycles. The number of carbonyl (C=O) groups is 2. The second-order valence-corrected chi connectivity index (χ2v) is 7.94. The minimum absolute atomic E-state index is 0.0777. The van der Waals surface area contributed by atoms with E-state index in [0.29, 0.717) is 29.7 Å². The standard InChI is InChI=1S/C24H30N4O3/c1-16(2)18-6-10-21(11-7-18)27-24(25-15-22-5-4-14-31-22)28-23(30)19-8-12-20(13-9-19)26-17(3)29/h6-13,16,22H,4-5,14-15H2,1-3H3,(H,26,29)(H2,25,27,28,30)/t22-/m0/s1. The summed E-state index contributed by atoms with van der Waals surface area (Å²) in [6.45, 7) is 6.97. The predicted molar refractivity (Wildman–Crippen MR) is 124 cm³/mol. The Morgan fingerprint density at radius 1 is 1.03 bits per heavy atom. The molecule has 0 unspecified atom stereocenters. The quantitative estimate of drug-likeness (QED) is 0.482. The van der Waals surface area contributed by atoms with Gasteiger partial charge in [-0.3, -0.25) is 14.9 Å². The molecule has 3 N–H and O–H groups in total. The van der Waals surface area contributed by atoms with Crippen LogP contribution in [0.5, 0.6) is 0 Å². The van der Waals surface area contributed by atoms with E-state index in [1.54, 1.807) is 24.3 Å². The highest BCUT2D eigenvalue weighted by Crippen LogP contribution is 2.17. The third-order valence-corrected chi connectivity index (χ3v) is 5.02. The number of hydrogen-bond donors (Lipinski definition) is 3. The van der Waals surface area contributed by atoms with E-state index in [2.05, 4.69) is 46.9 Å². The zero-order valence-electron chi connectivity index (χ0n) is 18.3. The van der Waals surface area contributed by atoms with Crippen molar-refractivity contribution in [2.45, 2.75) is 45.6 Å². The Balaban J connectivity index is 1.71. The average Bonchev–Trinajstić information content (AvgIpc) is 3.26. The van der Waals surface area contributed by atoms with Crippen LogP contribution in [0.15, 0.2) is 53.5 Å². The Bertz CT molecular complexity index is 915. The topological polar surface area (TPSA) is 91.8 Å². The van der Waals surface area contributed by atoms with Crippen molar-refractivity contribution in [3.8, 4) is 0 Å². The molecular weight excluding hydrogens is 392 g/mol. The van der Waals surface area contributed by atoms with Crippen LogP contribution in [0.25, 0.3) is 0 Å². The van der Waals surface area contributed by atoms with Crippen LogP contribution in [0.2, 0.25) is 0 Å². The monoisotopic (exact) mass is 422 g/mol. The molecule has 164 valence electrons. The Morgan fingerprint density at radius 3 is 2.26 bits per heavy atom. The van der Waals surface area contributed by atoms with Crippen LogP contribution in [0.4, 0.5) is 11.4 Å². The van der Waals surface area contributed by atoms with Crippen LogP contribution in [0, 0.1) is 0 Å². The normalized spacial score (nSPS) is 16.3. The van der Waals surface area contributed by atoms with Gasteiger partial charge in [-0.15, -0.1) is 0 Å². The van der Waals surface area contributed by atoms with Crippen molar-refractivity contribution in [1.82, 2.24) is 5.32 Å². The van der Waals surface area contributed by atoms with Crippen molar-refractivity contribution in [3.63, 3.8) is 0 Å². The van der Waals surface area contributed by atoms with Crippen LogP contribution in [0.1, 0.15) is 55.5 Å². The van der Waals surface area contributed by atoms with Crippen LogP contribution < -0.4 is 16.0 Å².